The minimum atomic E-state index is -4.19. The number of esters is 1. The zero-order valence-corrected chi connectivity index (χ0v) is 27.0. The average molecular weight is 702 g/mol. The molecule has 1 aliphatic carbocycles. The van der Waals surface area contributed by atoms with Crippen LogP contribution in [0, 0.1) is 5.92 Å². The van der Waals surface area contributed by atoms with Crippen molar-refractivity contribution in [2.24, 2.45) is 5.92 Å². The van der Waals surface area contributed by atoms with Gasteiger partial charge in [-0.2, -0.15) is 13.1 Å². The molecule has 0 bridgehead atoms. The highest BCUT2D eigenvalue weighted by Crippen LogP contribution is 2.39. The molecule has 45 heavy (non-hydrogen) atoms. The van der Waals surface area contributed by atoms with E-state index in [-0.39, 0.29) is 50.8 Å². The number of halogens is 4. The Labute approximate surface area is 273 Å². The van der Waals surface area contributed by atoms with Crippen molar-refractivity contribution < 1.29 is 41.0 Å². The van der Waals surface area contributed by atoms with Gasteiger partial charge in [0.2, 0.25) is 10.0 Å². The monoisotopic (exact) mass is 700 g/mol. The second-order valence-corrected chi connectivity index (χ2v) is 14.4. The van der Waals surface area contributed by atoms with Gasteiger partial charge in [-0.3, -0.25) is 9.78 Å². The van der Waals surface area contributed by atoms with Gasteiger partial charge in [0, 0.05) is 36.7 Å². The Morgan fingerprint density at radius 3 is 2.49 bits per heavy atom. The van der Waals surface area contributed by atoms with Crippen LogP contribution in [-0.4, -0.2) is 60.3 Å². The van der Waals surface area contributed by atoms with Crippen molar-refractivity contribution in [2.45, 2.75) is 49.2 Å². The molecule has 15 heteroatoms. The Kier molecular flexibility index (Phi) is 10.5. The first-order chi connectivity index (χ1) is 21.4. The third-order valence-corrected chi connectivity index (χ3v) is 11.1. The summed E-state index contributed by atoms with van der Waals surface area (Å²) in [5, 5.41) is -0.832. The molecular formula is C30H28Cl2F2N2O7S2. The van der Waals surface area contributed by atoms with Gasteiger partial charge in [-0.25, -0.2) is 13.2 Å². The highest BCUT2D eigenvalue weighted by atomic mass is 35.5. The van der Waals surface area contributed by atoms with Gasteiger partial charge in [-0.05, 0) is 61.1 Å². The highest BCUT2D eigenvalue weighted by molar-refractivity contribution is 8.02. The van der Waals surface area contributed by atoms with E-state index in [9.17, 15) is 26.8 Å². The summed E-state index contributed by atoms with van der Waals surface area (Å²) in [6.07, 6.45) is 3.53. The molecule has 2 aliphatic rings. The van der Waals surface area contributed by atoms with Gasteiger partial charge >= 0.3 is 12.6 Å². The van der Waals surface area contributed by atoms with Gasteiger partial charge in [-0.1, -0.05) is 41.4 Å². The van der Waals surface area contributed by atoms with E-state index in [0.717, 1.165) is 28.9 Å². The predicted octanol–water partition coefficient (Wildman–Crippen LogP) is 6.57. The van der Waals surface area contributed by atoms with Crippen molar-refractivity contribution in [1.29, 1.82) is 0 Å². The van der Waals surface area contributed by atoms with Gasteiger partial charge in [0.15, 0.2) is 22.7 Å². The van der Waals surface area contributed by atoms with Crippen LogP contribution in [-0.2, 0) is 26.0 Å². The maximum Gasteiger partial charge on any atom is 0.387 e. The van der Waals surface area contributed by atoms with Crippen LogP contribution in [0.15, 0.2) is 59.8 Å². The fourth-order valence-corrected chi connectivity index (χ4v) is 8.28. The zero-order valence-electron chi connectivity index (χ0n) is 23.8. The SMILES string of the molecule is CC(=O)c1cccc(S(=O)(=O)N2CCS[C@H]2C(=O)O[C@@H](Cc2c(Cl)cncc2Cl)c2ccc(OC(F)F)c(OCC3CC3)c2)c1. The van der Waals surface area contributed by atoms with Crippen molar-refractivity contribution in [3.8, 4) is 11.5 Å². The summed E-state index contributed by atoms with van der Waals surface area (Å²) < 4.78 is 71.0. The number of pyridine rings is 1. The number of benzene rings is 2. The number of ketones is 1. The Hall–Kier alpha value is -2.97. The van der Waals surface area contributed by atoms with E-state index in [0.29, 0.717) is 29.4 Å². The number of sulfonamides is 1. The number of Topliss-reactive ketones (excluding diaryl/α,β-unsaturated/α-hetero) is 1. The van der Waals surface area contributed by atoms with E-state index in [1.807, 2.05) is 0 Å². The van der Waals surface area contributed by atoms with Crippen molar-refractivity contribution in [2.75, 3.05) is 18.9 Å². The van der Waals surface area contributed by atoms with Crippen LogP contribution in [0.25, 0.3) is 0 Å². The molecule has 0 amide bonds. The Bertz CT molecular complexity index is 1670. The van der Waals surface area contributed by atoms with Crippen LogP contribution in [0.4, 0.5) is 8.78 Å². The maximum atomic E-state index is 13.7. The quantitative estimate of drug-likeness (QED) is 0.144. The van der Waals surface area contributed by atoms with Crippen LogP contribution in [0.3, 0.4) is 0 Å². The fourth-order valence-electron chi connectivity index (χ4n) is 4.67. The van der Waals surface area contributed by atoms with Gasteiger partial charge in [-0.15, -0.1) is 11.8 Å². The molecule has 2 aromatic carbocycles. The van der Waals surface area contributed by atoms with E-state index in [4.69, 9.17) is 32.7 Å². The third kappa shape index (κ3) is 8.07. The molecular weight excluding hydrogens is 673 g/mol. The number of hydrogen-bond acceptors (Lipinski definition) is 9. The fraction of sp³-hybridized carbons (Fsp3) is 0.367. The molecule has 1 aromatic heterocycles. The molecule has 2 heterocycles. The Morgan fingerprint density at radius 1 is 1.09 bits per heavy atom. The minimum absolute atomic E-state index is 0.0303. The maximum absolute atomic E-state index is 13.7. The molecule has 1 saturated carbocycles. The summed E-state index contributed by atoms with van der Waals surface area (Å²) in [4.78, 5) is 29.4. The number of aromatic nitrogens is 1. The summed E-state index contributed by atoms with van der Waals surface area (Å²) in [5.41, 5.74) is 0.975. The Balaban J connectivity index is 1.46. The lowest BCUT2D eigenvalue weighted by Gasteiger charge is -2.26. The zero-order chi connectivity index (χ0) is 32.3. The molecule has 3 aromatic rings. The third-order valence-electron chi connectivity index (χ3n) is 7.23. The van der Waals surface area contributed by atoms with Gasteiger partial charge in [0.1, 0.15) is 6.10 Å². The number of ether oxygens (including phenoxy) is 3. The van der Waals surface area contributed by atoms with Crippen LogP contribution in [0.5, 0.6) is 11.5 Å². The molecule has 0 radical (unpaired) electrons. The van der Waals surface area contributed by atoms with E-state index in [1.54, 1.807) is 0 Å². The summed E-state index contributed by atoms with van der Waals surface area (Å²) in [5.74, 6) is -0.687. The number of carbonyl (C=O) groups excluding carboxylic acids is 2. The van der Waals surface area contributed by atoms with E-state index >= 15 is 0 Å². The lowest BCUT2D eigenvalue weighted by Crippen LogP contribution is -2.40. The second kappa shape index (κ2) is 14.2. The molecule has 1 aliphatic heterocycles. The molecule has 2 fully saturated rings. The van der Waals surface area contributed by atoms with Crippen LogP contribution in [0.2, 0.25) is 10.0 Å². The lowest BCUT2D eigenvalue weighted by atomic mass is 10.0. The van der Waals surface area contributed by atoms with Gasteiger partial charge in [0.05, 0.1) is 21.5 Å². The van der Waals surface area contributed by atoms with Crippen molar-refractivity contribution >= 4 is 56.7 Å². The van der Waals surface area contributed by atoms with Gasteiger partial charge < -0.3 is 14.2 Å². The molecule has 9 nitrogen and oxygen atoms in total. The molecule has 0 spiro atoms. The van der Waals surface area contributed by atoms with Crippen molar-refractivity contribution in [3.05, 3.63) is 81.6 Å². The predicted molar refractivity (Wildman–Crippen MR) is 165 cm³/mol. The number of carbonyl (C=O) groups is 2. The molecule has 240 valence electrons. The second-order valence-electron chi connectivity index (χ2n) is 10.5. The number of alkyl halides is 2. The number of rotatable bonds is 13. The standard InChI is InChI=1S/C30H28Cl2F2N2O7S2/c1-17(37)19-3-2-4-21(11-19)45(39,40)36-9-10-44-28(36)29(38)42-26(13-22-23(31)14-35-15-24(22)32)20-7-8-25(43-30(33)34)27(12-20)41-16-18-5-6-18/h2-4,7-8,11-12,14-15,18,26,28,30H,5-6,9-10,13,16H2,1H3/t26-,28-/m0/s1. The van der Waals surface area contributed by atoms with Crippen LogP contribution >= 0.6 is 35.0 Å². The van der Waals surface area contributed by atoms with E-state index in [1.165, 1.54) is 61.8 Å². The smallest absolute Gasteiger partial charge is 0.387 e. The number of nitrogens with zero attached hydrogens (tertiary/aromatic N) is 2. The first-order valence-corrected chi connectivity index (χ1v) is 17.1. The first kappa shape index (κ1) is 33.4. The first-order valence-electron chi connectivity index (χ1n) is 13.9. The normalized spacial score (nSPS) is 17.7. The summed E-state index contributed by atoms with van der Waals surface area (Å²) in [6, 6.07) is 9.79. The Morgan fingerprint density at radius 2 is 1.82 bits per heavy atom. The summed E-state index contributed by atoms with van der Waals surface area (Å²) in [7, 11) is -4.19. The van der Waals surface area contributed by atoms with Gasteiger partial charge in [0.25, 0.3) is 0 Å². The number of hydrogen-bond donors (Lipinski definition) is 0. The largest absolute Gasteiger partial charge is 0.489 e. The minimum Gasteiger partial charge on any atom is -0.489 e. The molecule has 2 atom stereocenters. The molecule has 0 N–H and O–H groups in total. The summed E-state index contributed by atoms with van der Waals surface area (Å²) in [6.45, 7) is -1.44. The number of thioether (sulfide) groups is 1. The topological polar surface area (TPSA) is 112 Å². The molecule has 0 unspecified atom stereocenters. The van der Waals surface area contributed by atoms with Crippen LogP contribution < -0.4 is 9.47 Å². The summed E-state index contributed by atoms with van der Waals surface area (Å²) >= 11 is 13.9. The molecule has 1 saturated heterocycles. The highest BCUT2D eigenvalue weighted by Gasteiger charge is 2.42. The molecule has 5 rings (SSSR count). The van der Waals surface area contributed by atoms with Crippen molar-refractivity contribution in [3.63, 3.8) is 0 Å². The van der Waals surface area contributed by atoms with E-state index < -0.39 is 34.1 Å². The van der Waals surface area contributed by atoms with Crippen molar-refractivity contribution in [1.82, 2.24) is 9.29 Å². The average Bonchev–Trinajstić information content (AvgIpc) is 3.69. The lowest BCUT2D eigenvalue weighted by molar-refractivity contribution is -0.150. The van der Waals surface area contributed by atoms with E-state index in [2.05, 4.69) is 9.72 Å². The van der Waals surface area contributed by atoms with Crippen LogP contribution in [0.1, 0.15) is 47.4 Å².